The van der Waals surface area contributed by atoms with Gasteiger partial charge >= 0.3 is 5.91 Å². The molecule has 0 aliphatic heterocycles. The number of nitrogens with one attached hydrogen (secondary N) is 2. The van der Waals surface area contributed by atoms with E-state index in [9.17, 15) is 9.59 Å². The van der Waals surface area contributed by atoms with Crippen molar-refractivity contribution < 1.29 is 23.5 Å². The summed E-state index contributed by atoms with van der Waals surface area (Å²) in [6, 6.07) is 17.5. The number of amides is 2. The van der Waals surface area contributed by atoms with Gasteiger partial charge in [-0.15, -0.1) is 0 Å². The van der Waals surface area contributed by atoms with Crippen LogP contribution < -0.4 is 20.2 Å². The second-order valence-corrected chi connectivity index (χ2v) is 9.53. The Morgan fingerprint density at radius 2 is 1.89 bits per heavy atom. The van der Waals surface area contributed by atoms with Crippen molar-refractivity contribution in [3.63, 3.8) is 0 Å². The predicted octanol–water partition coefficient (Wildman–Crippen LogP) is 6.40. The van der Waals surface area contributed by atoms with Crippen LogP contribution >= 0.6 is 43.5 Å². The Labute approximate surface area is 227 Å². The summed E-state index contributed by atoms with van der Waals surface area (Å²) in [5.41, 5.74) is 4.16. The third kappa shape index (κ3) is 6.26. The number of methoxy groups -OCH3 is 1. The van der Waals surface area contributed by atoms with Gasteiger partial charge in [-0.1, -0.05) is 45.7 Å². The summed E-state index contributed by atoms with van der Waals surface area (Å²) in [6.07, 6.45) is 1.40. The molecular weight excluding hydrogens is 618 g/mol. The first-order valence-electron chi connectivity index (χ1n) is 10.4. The molecule has 8 nitrogen and oxygen atoms in total. The molecule has 0 atom stereocenters. The fourth-order valence-electron chi connectivity index (χ4n) is 3.22. The van der Waals surface area contributed by atoms with Gasteiger partial charge in [-0.05, 0) is 64.0 Å². The van der Waals surface area contributed by atoms with Gasteiger partial charge in [0.05, 0.1) is 22.8 Å². The van der Waals surface area contributed by atoms with Gasteiger partial charge in [0.15, 0.2) is 23.9 Å². The van der Waals surface area contributed by atoms with Gasteiger partial charge in [0.25, 0.3) is 5.91 Å². The predicted molar refractivity (Wildman–Crippen MR) is 145 cm³/mol. The third-order valence-electron chi connectivity index (χ3n) is 4.80. The average molecular weight is 636 g/mol. The van der Waals surface area contributed by atoms with Crippen molar-refractivity contribution in [2.24, 2.45) is 5.10 Å². The molecule has 3 aromatic carbocycles. The fraction of sp³-hybridized carbons (Fsp3) is 0.0800. The number of rotatable bonds is 8. The number of anilines is 1. The first-order valence-corrected chi connectivity index (χ1v) is 12.4. The number of hydrogen-bond acceptors (Lipinski definition) is 6. The maximum Gasteiger partial charge on any atom is 0.307 e. The van der Waals surface area contributed by atoms with Crippen molar-refractivity contribution in [3.8, 4) is 11.5 Å². The lowest BCUT2D eigenvalue weighted by atomic mass is 10.2. The van der Waals surface area contributed by atoms with Gasteiger partial charge in [-0.2, -0.15) is 5.10 Å². The van der Waals surface area contributed by atoms with Gasteiger partial charge in [0, 0.05) is 15.5 Å². The number of para-hydroxylation sites is 1. The highest BCUT2D eigenvalue weighted by atomic mass is 79.9. The van der Waals surface area contributed by atoms with Gasteiger partial charge in [-0.3, -0.25) is 9.59 Å². The minimum Gasteiger partial charge on any atom is -0.493 e. The second kappa shape index (κ2) is 11.6. The van der Waals surface area contributed by atoms with Gasteiger partial charge in [-0.25, -0.2) is 5.43 Å². The second-order valence-electron chi connectivity index (χ2n) is 7.35. The van der Waals surface area contributed by atoms with E-state index in [4.69, 9.17) is 25.5 Å². The monoisotopic (exact) mass is 633 g/mol. The van der Waals surface area contributed by atoms with E-state index in [-0.39, 0.29) is 29.0 Å². The maximum atomic E-state index is 12.5. The van der Waals surface area contributed by atoms with E-state index in [0.29, 0.717) is 22.6 Å². The fourth-order valence-corrected chi connectivity index (χ4v) is 4.83. The van der Waals surface area contributed by atoms with Crippen LogP contribution in [0.1, 0.15) is 16.1 Å². The average Bonchev–Trinajstić information content (AvgIpc) is 3.28. The van der Waals surface area contributed by atoms with E-state index >= 15 is 0 Å². The molecule has 1 heterocycles. The molecule has 2 amide bonds. The zero-order valence-electron chi connectivity index (χ0n) is 18.7. The molecule has 4 aromatic rings. The number of hydrazone groups is 1. The van der Waals surface area contributed by atoms with Crippen molar-refractivity contribution in [2.45, 2.75) is 0 Å². The largest absolute Gasteiger partial charge is 0.493 e. The van der Waals surface area contributed by atoms with Crippen molar-refractivity contribution >= 4 is 78.1 Å². The molecule has 2 N–H and O–H groups in total. The number of benzene rings is 3. The lowest BCUT2D eigenvalue weighted by Crippen LogP contribution is -2.20. The molecule has 0 radical (unpaired) electrons. The topological polar surface area (TPSA) is 102 Å². The lowest BCUT2D eigenvalue weighted by Gasteiger charge is -2.13. The quantitative estimate of drug-likeness (QED) is 0.172. The lowest BCUT2D eigenvalue weighted by molar-refractivity contribution is -0.118. The summed E-state index contributed by atoms with van der Waals surface area (Å²) in [6.45, 7) is -0.265. The molecule has 0 aliphatic carbocycles. The van der Waals surface area contributed by atoms with E-state index in [1.54, 1.807) is 30.3 Å². The molecule has 0 fully saturated rings. The summed E-state index contributed by atoms with van der Waals surface area (Å²) >= 11 is 13.2. The van der Waals surface area contributed by atoms with E-state index < -0.39 is 5.91 Å². The van der Waals surface area contributed by atoms with E-state index in [1.165, 1.54) is 13.3 Å². The highest BCUT2D eigenvalue weighted by molar-refractivity contribution is 9.11. The van der Waals surface area contributed by atoms with E-state index in [2.05, 4.69) is 47.7 Å². The van der Waals surface area contributed by atoms with Crippen molar-refractivity contribution in [1.82, 2.24) is 5.43 Å². The Bertz CT molecular complexity index is 1460. The Morgan fingerprint density at radius 3 is 2.64 bits per heavy atom. The highest BCUT2D eigenvalue weighted by Gasteiger charge is 2.16. The number of furan rings is 1. The van der Waals surface area contributed by atoms with E-state index in [0.717, 1.165) is 14.3 Å². The molecule has 1 aromatic heterocycles. The van der Waals surface area contributed by atoms with Crippen LogP contribution in [0.3, 0.4) is 0 Å². The minimum absolute atomic E-state index is 0.106. The number of hydrogen-bond donors (Lipinski definition) is 2. The number of halogens is 3. The molecule has 4 rings (SSSR count). The molecule has 11 heteroatoms. The summed E-state index contributed by atoms with van der Waals surface area (Å²) in [5, 5.41) is 7.67. The zero-order valence-corrected chi connectivity index (χ0v) is 22.6. The zero-order chi connectivity index (χ0) is 25.7. The molecule has 184 valence electrons. The van der Waals surface area contributed by atoms with E-state index in [1.807, 2.05) is 30.3 Å². The number of nitrogens with zero attached hydrogens (tertiary/aromatic N) is 1. The Morgan fingerprint density at radius 1 is 1.11 bits per heavy atom. The maximum absolute atomic E-state index is 12.5. The molecule has 0 aliphatic rings. The number of carbonyl (C=O) groups excluding carboxylic acids is 2. The smallest absolute Gasteiger partial charge is 0.307 e. The Balaban J connectivity index is 1.40. The summed E-state index contributed by atoms with van der Waals surface area (Å²) in [7, 11) is 1.45. The number of fused-ring (bicyclic) bond motifs is 1. The molecule has 0 saturated heterocycles. The minimum atomic E-state index is -0.520. The van der Waals surface area contributed by atoms with Crippen LogP contribution in [-0.4, -0.2) is 31.7 Å². The standard InChI is InChI=1S/C25H18Br2ClN3O5/c1-34-20-8-14(7-19(28)24(20)35-13-22(32)30-17-5-3-2-4-6-17)12-29-31-25(33)21-10-15-9-16(26)11-18(27)23(15)36-21/h2-12H,13H2,1H3,(H,30,32)(H,31,33)/b29-12-. The van der Waals surface area contributed by atoms with Crippen LogP contribution in [0.15, 0.2) is 79.1 Å². The Kier molecular flexibility index (Phi) is 8.29. The molecule has 0 spiro atoms. The van der Waals surface area contributed by atoms with Crippen LogP contribution in [0.4, 0.5) is 5.69 Å². The van der Waals surface area contributed by atoms with Gasteiger partial charge in [0.1, 0.15) is 5.58 Å². The first-order chi connectivity index (χ1) is 17.3. The molecule has 0 bridgehead atoms. The summed E-state index contributed by atoms with van der Waals surface area (Å²) < 4.78 is 18.1. The van der Waals surface area contributed by atoms with Gasteiger partial charge < -0.3 is 19.2 Å². The van der Waals surface area contributed by atoms with Crippen LogP contribution in [0, 0.1) is 0 Å². The first kappa shape index (κ1) is 25.7. The third-order valence-corrected chi connectivity index (χ3v) is 6.12. The summed E-state index contributed by atoms with van der Waals surface area (Å²) in [5.74, 6) is -0.252. The van der Waals surface area contributed by atoms with Crippen molar-refractivity contribution in [3.05, 3.63) is 86.0 Å². The normalized spacial score (nSPS) is 11.0. The highest BCUT2D eigenvalue weighted by Crippen LogP contribution is 2.36. The summed E-state index contributed by atoms with van der Waals surface area (Å²) in [4.78, 5) is 24.7. The van der Waals surface area contributed by atoms with Gasteiger partial charge in [0.2, 0.25) is 0 Å². The molecule has 36 heavy (non-hydrogen) atoms. The van der Waals surface area contributed by atoms with Crippen molar-refractivity contribution in [1.29, 1.82) is 0 Å². The molecule has 0 saturated carbocycles. The van der Waals surface area contributed by atoms with Crippen LogP contribution in [0.25, 0.3) is 11.0 Å². The van der Waals surface area contributed by atoms with Crippen LogP contribution in [0.5, 0.6) is 11.5 Å². The number of ether oxygens (including phenoxy) is 2. The Hall–Kier alpha value is -3.34. The van der Waals surface area contributed by atoms with Crippen LogP contribution in [-0.2, 0) is 4.79 Å². The number of carbonyl (C=O) groups is 2. The van der Waals surface area contributed by atoms with Crippen molar-refractivity contribution in [2.75, 3.05) is 19.0 Å². The SMILES string of the molecule is COc1cc(/C=N\NC(=O)c2cc3cc(Br)cc(Br)c3o2)cc(Cl)c1OCC(=O)Nc1ccccc1. The molecule has 0 unspecified atom stereocenters. The van der Waals surface area contributed by atoms with Crippen LogP contribution in [0.2, 0.25) is 5.02 Å². The molecular formula is C25H18Br2ClN3O5.